The predicted molar refractivity (Wildman–Crippen MR) is 207 cm³/mol. The topological polar surface area (TPSA) is 101 Å². The van der Waals surface area contributed by atoms with E-state index in [4.69, 9.17) is 28.8 Å². The zero-order valence-corrected chi connectivity index (χ0v) is 30.6. The molecule has 8 nitrogen and oxygen atoms in total. The van der Waals surface area contributed by atoms with Crippen LogP contribution in [0.4, 0.5) is 0 Å². The number of benzene rings is 5. The molecular weight excluding hydrogens is 680 g/mol. The van der Waals surface area contributed by atoms with Crippen molar-refractivity contribution in [2.24, 2.45) is 0 Å². The van der Waals surface area contributed by atoms with E-state index >= 15 is 0 Å². The van der Waals surface area contributed by atoms with Crippen LogP contribution in [0.5, 0.6) is 11.5 Å². The second-order valence-corrected chi connectivity index (χ2v) is 13.0. The molecule has 0 bridgehead atoms. The summed E-state index contributed by atoms with van der Waals surface area (Å²) in [5, 5.41) is 8.75. The molecule has 0 spiro atoms. The molecule has 0 aromatic heterocycles. The van der Waals surface area contributed by atoms with E-state index < -0.39 is 17.5 Å². The van der Waals surface area contributed by atoms with Crippen molar-refractivity contribution in [1.29, 1.82) is 0 Å². The van der Waals surface area contributed by atoms with Crippen LogP contribution in [0.15, 0.2) is 140 Å². The number of hydrogen-bond acceptors (Lipinski definition) is 7. The van der Waals surface area contributed by atoms with Crippen molar-refractivity contribution in [1.82, 2.24) is 0 Å². The summed E-state index contributed by atoms with van der Waals surface area (Å²) in [6, 6.07) is 38.4. The summed E-state index contributed by atoms with van der Waals surface area (Å²) in [7, 11) is 1.66. The molecular formula is C46H44O8. The SMILES string of the molecule is C=CC(=CC)C(OCc1ccc2c(c1)OCc1cc(COCc3cccc(COC(=O)CCC(=O)O)c3)ccc1-2)(c1ccccc1)c1ccc(OC)cc1. The van der Waals surface area contributed by atoms with E-state index in [1.807, 2.05) is 85.8 Å². The van der Waals surface area contributed by atoms with Gasteiger partial charge in [0, 0.05) is 5.56 Å². The van der Waals surface area contributed by atoms with Gasteiger partial charge in [0.1, 0.15) is 30.3 Å². The number of allylic oxidation sites excluding steroid dienone is 1. The maximum absolute atomic E-state index is 11.8. The van der Waals surface area contributed by atoms with Crippen molar-refractivity contribution in [2.75, 3.05) is 7.11 Å². The second kappa shape index (κ2) is 17.7. The number of methoxy groups -OCH3 is 1. The molecule has 8 heteroatoms. The summed E-state index contributed by atoms with van der Waals surface area (Å²) in [4.78, 5) is 22.5. The van der Waals surface area contributed by atoms with E-state index in [1.54, 1.807) is 7.11 Å². The summed E-state index contributed by atoms with van der Waals surface area (Å²) in [5.41, 5.74) is 9.00. The number of carbonyl (C=O) groups excluding carboxylic acids is 1. The fraction of sp³-hybridized carbons (Fsp3) is 0.217. The Labute approximate surface area is 316 Å². The molecule has 0 saturated carbocycles. The second-order valence-electron chi connectivity index (χ2n) is 13.0. The third-order valence-corrected chi connectivity index (χ3v) is 9.43. The molecule has 0 aliphatic carbocycles. The molecule has 1 aliphatic heterocycles. The molecule has 0 radical (unpaired) electrons. The van der Waals surface area contributed by atoms with Gasteiger partial charge in [0.25, 0.3) is 0 Å². The van der Waals surface area contributed by atoms with Crippen molar-refractivity contribution in [3.05, 3.63) is 179 Å². The van der Waals surface area contributed by atoms with E-state index in [0.29, 0.717) is 26.4 Å². The summed E-state index contributed by atoms with van der Waals surface area (Å²) >= 11 is 0. The Morgan fingerprint density at radius 1 is 0.759 bits per heavy atom. The van der Waals surface area contributed by atoms with Crippen LogP contribution in [0.25, 0.3) is 11.1 Å². The molecule has 6 rings (SSSR count). The molecule has 0 amide bonds. The third-order valence-electron chi connectivity index (χ3n) is 9.43. The Balaban J connectivity index is 1.13. The van der Waals surface area contributed by atoms with Crippen LogP contribution >= 0.6 is 0 Å². The molecule has 1 aliphatic rings. The number of esters is 1. The summed E-state index contributed by atoms with van der Waals surface area (Å²) < 4.78 is 30.0. The number of carboxylic acid groups (broad SMARTS) is 1. The third kappa shape index (κ3) is 8.80. The highest BCUT2D eigenvalue weighted by molar-refractivity contribution is 5.77. The van der Waals surface area contributed by atoms with E-state index in [0.717, 1.165) is 67.1 Å². The Hall–Kier alpha value is -5.96. The monoisotopic (exact) mass is 724 g/mol. The molecule has 0 saturated heterocycles. The number of carboxylic acids is 1. The highest BCUT2D eigenvalue weighted by atomic mass is 16.5. The molecule has 5 aromatic rings. The van der Waals surface area contributed by atoms with Crippen LogP contribution < -0.4 is 9.47 Å². The zero-order chi connectivity index (χ0) is 37.9. The van der Waals surface area contributed by atoms with Gasteiger partial charge in [-0.15, -0.1) is 0 Å². The van der Waals surface area contributed by atoms with Crippen LogP contribution in [0, 0.1) is 0 Å². The Morgan fingerprint density at radius 2 is 1.43 bits per heavy atom. The molecule has 1 N–H and O–H groups in total. The van der Waals surface area contributed by atoms with Gasteiger partial charge in [-0.1, -0.05) is 110 Å². The molecule has 0 fully saturated rings. The lowest BCUT2D eigenvalue weighted by molar-refractivity contribution is -0.148. The summed E-state index contributed by atoms with van der Waals surface area (Å²) in [6.07, 6.45) is 3.51. The molecule has 276 valence electrons. The first-order valence-corrected chi connectivity index (χ1v) is 17.9. The van der Waals surface area contributed by atoms with Crippen LogP contribution in [-0.4, -0.2) is 24.2 Å². The van der Waals surface area contributed by atoms with Gasteiger partial charge in [0.15, 0.2) is 0 Å². The van der Waals surface area contributed by atoms with Gasteiger partial charge in [-0.25, -0.2) is 0 Å². The maximum atomic E-state index is 11.8. The maximum Gasteiger partial charge on any atom is 0.306 e. The minimum absolute atomic E-state index is 0.0811. The number of fused-ring (bicyclic) bond motifs is 3. The molecule has 1 heterocycles. The standard InChI is InChI=1S/C46H44O8/c1-4-37(5-2)46(38-12-7-6-8-13-38,39-16-18-40(50-3)19-17-39)54-30-35-15-21-42-41-20-14-34(25-36(41)31-52-43(42)26-35)28-51-27-32-10-9-11-33(24-32)29-53-45(49)23-22-44(47)48/h4-21,24-26H,1,22-23,27-31H2,2-3H3,(H,47,48). The number of hydrogen-bond donors (Lipinski definition) is 1. The number of ether oxygens (including phenoxy) is 5. The number of aliphatic carboxylic acids is 1. The minimum Gasteiger partial charge on any atom is -0.497 e. The average Bonchev–Trinajstić information content (AvgIpc) is 3.21. The van der Waals surface area contributed by atoms with E-state index in [1.165, 1.54) is 0 Å². The average molecular weight is 725 g/mol. The first-order chi connectivity index (χ1) is 26.3. The van der Waals surface area contributed by atoms with Crippen molar-refractivity contribution in [3.63, 3.8) is 0 Å². The Morgan fingerprint density at radius 3 is 2.11 bits per heavy atom. The van der Waals surface area contributed by atoms with Gasteiger partial charge in [0.05, 0.1) is 39.8 Å². The fourth-order valence-corrected chi connectivity index (χ4v) is 6.72. The largest absolute Gasteiger partial charge is 0.497 e. The van der Waals surface area contributed by atoms with Gasteiger partial charge < -0.3 is 28.8 Å². The zero-order valence-electron chi connectivity index (χ0n) is 30.6. The number of carbonyl (C=O) groups is 2. The van der Waals surface area contributed by atoms with Crippen LogP contribution in [0.2, 0.25) is 0 Å². The predicted octanol–water partition coefficient (Wildman–Crippen LogP) is 9.47. The van der Waals surface area contributed by atoms with Crippen molar-refractivity contribution < 1.29 is 38.4 Å². The lowest BCUT2D eigenvalue weighted by Crippen LogP contribution is -2.33. The van der Waals surface area contributed by atoms with Gasteiger partial charge in [-0.2, -0.15) is 0 Å². The Bertz CT molecular complexity index is 2120. The van der Waals surface area contributed by atoms with Crippen molar-refractivity contribution in [2.45, 2.75) is 58.4 Å². The van der Waals surface area contributed by atoms with Crippen LogP contribution in [-0.2, 0) is 62.4 Å². The molecule has 1 unspecified atom stereocenters. The van der Waals surface area contributed by atoms with E-state index in [2.05, 4.69) is 55.1 Å². The van der Waals surface area contributed by atoms with Gasteiger partial charge in [-0.3, -0.25) is 9.59 Å². The van der Waals surface area contributed by atoms with Gasteiger partial charge in [0.2, 0.25) is 0 Å². The highest BCUT2D eigenvalue weighted by Crippen LogP contribution is 2.44. The van der Waals surface area contributed by atoms with E-state index in [9.17, 15) is 9.59 Å². The summed E-state index contributed by atoms with van der Waals surface area (Å²) in [5.74, 6) is 0.0138. The molecule has 54 heavy (non-hydrogen) atoms. The smallest absolute Gasteiger partial charge is 0.306 e. The van der Waals surface area contributed by atoms with E-state index in [-0.39, 0.29) is 19.4 Å². The minimum atomic E-state index is -1.03. The normalized spacial score (nSPS) is 13.1. The number of rotatable bonds is 17. The van der Waals surface area contributed by atoms with Gasteiger partial charge in [-0.05, 0) is 81.3 Å². The highest BCUT2D eigenvalue weighted by Gasteiger charge is 2.38. The first-order valence-electron chi connectivity index (χ1n) is 17.9. The van der Waals surface area contributed by atoms with Crippen LogP contribution in [0.1, 0.15) is 58.7 Å². The summed E-state index contributed by atoms with van der Waals surface area (Å²) in [6.45, 7) is 7.79. The van der Waals surface area contributed by atoms with Gasteiger partial charge >= 0.3 is 11.9 Å². The van der Waals surface area contributed by atoms with Crippen molar-refractivity contribution in [3.8, 4) is 22.6 Å². The molecule has 1 atom stereocenters. The lowest BCUT2D eigenvalue weighted by atomic mass is 9.79. The first kappa shape index (κ1) is 37.8. The lowest BCUT2D eigenvalue weighted by Gasteiger charge is -2.37. The fourth-order valence-electron chi connectivity index (χ4n) is 6.72. The van der Waals surface area contributed by atoms with Crippen molar-refractivity contribution >= 4 is 11.9 Å². The molecule has 5 aromatic carbocycles. The Kier molecular flexibility index (Phi) is 12.4. The quantitative estimate of drug-likeness (QED) is 0.0748. The van der Waals surface area contributed by atoms with Crippen LogP contribution in [0.3, 0.4) is 0 Å².